The molecule has 1 aliphatic heterocycles. The van der Waals surface area contributed by atoms with Crippen molar-refractivity contribution in [1.82, 2.24) is 20.0 Å². The maximum atomic E-state index is 12.2. The van der Waals surface area contributed by atoms with Crippen LogP contribution < -0.4 is 4.74 Å². The number of carbonyl (C=O) groups excluding carboxylic acids is 1. The van der Waals surface area contributed by atoms with E-state index in [-0.39, 0.29) is 12.5 Å². The smallest absolute Gasteiger partial charge is 0.260 e. The summed E-state index contributed by atoms with van der Waals surface area (Å²) >= 11 is 0. The zero-order valence-corrected chi connectivity index (χ0v) is 16.4. The Morgan fingerprint density at radius 1 is 1.22 bits per heavy atom. The molecule has 1 fully saturated rings. The Balaban J connectivity index is 1.43. The summed E-state index contributed by atoms with van der Waals surface area (Å²) in [6.07, 6.45) is 2.16. The van der Waals surface area contributed by atoms with Gasteiger partial charge in [0.2, 0.25) is 11.8 Å². The highest BCUT2D eigenvalue weighted by Gasteiger charge is 2.20. The minimum Gasteiger partial charge on any atom is -0.484 e. The average Bonchev–Trinajstić information content (AvgIpc) is 3.06. The summed E-state index contributed by atoms with van der Waals surface area (Å²) in [5, 5.41) is 7.85. The van der Waals surface area contributed by atoms with Gasteiger partial charge in [0.15, 0.2) is 6.61 Å². The molecule has 0 atom stereocenters. The van der Waals surface area contributed by atoms with Crippen molar-refractivity contribution in [3.63, 3.8) is 0 Å². The van der Waals surface area contributed by atoms with Crippen LogP contribution in [0.2, 0.25) is 0 Å². The Morgan fingerprint density at radius 3 is 2.56 bits per heavy atom. The van der Waals surface area contributed by atoms with Crippen molar-refractivity contribution in [3.8, 4) is 5.75 Å². The molecule has 27 heavy (non-hydrogen) atoms. The van der Waals surface area contributed by atoms with E-state index in [0.717, 1.165) is 38.0 Å². The van der Waals surface area contributed by atoms with Crippen molar-refractivity contribution in [3.05, 3.63) is 41.6 Å². The third-order valence-corrected chi connectivity index (χ3v) is 4.85. The number of benzene rings is 1. The first-order valence-corrected chi connectivity index (χ1v) is 9.46. The molecule has 3 rings (SSSR count). The Hall–Kier alpha value is -2.41. The number of hydrogen-bond donors (Lipinski definition) is 0. The van der Waals surface area contributed by atoms with Crippen LogP contribution in [0.1, 0.15) is 37.1 Å². The molecule has 0 N–H and O–H groups in total. The largest absolute Gasteiger partial charge is 0.484 e. The first-order valence-electron chi connectivity index (χ1n) is 9.46. The fourth-order valence-corrected chi connectivity index (χ4v) is 3.19. The van der Waals surface area contributed by atoms with Crippen molar-refractivity contribution < 1.29 is 13.9 Å². The predicted octanol–water partition coefficient (Wildman–Crippen LogP) is 2.65. The van der Waals surface area contributed by atoms with Crippen LogP contribution in [-0.2, 0) is 17.9 Å². The van der Waals surface area contributed by atoms with E-state index in [2.05, 4.69) is 22.0 Å². The normalized spacial score (nSPS) is 15.3. The second-order valence-electron chi connectivity index (χ2n) is 7.38. The molecule has 1 aliphatic rings. The van der Waals surface area contributed by atoms with E-state index in [9.17, 15) is 4.79 Å². The van der Waals surface area contributed by atoms with E-state index in [1.54, 1.807) is 6.92 Å². The summed E-state index contributed by atoms with van der Waals surface area (Å²) in [6, 6.07) is 7.84. The van der Waals surface area contributed by atoms with Gasteiger partial charge >= 0.3 is 0 Å². The lowest BCUT2D eigenvalue weighted by Gasteiger charge is -2.30. The topological polar surface area (TPSA) is 71.7 Å². The van der Waals surface area contributed by atoms with Crippen LogP contribution in [0.5, 0.6) is 5.75 Å². The summed E-state index contributed by atoms with van der Waals surface area (Å²) < 4.78 is 11.1. The zero-order chi connectivity index (χ0) is 19.2. The second-order valence-corrected chi connectivity index (χ2v) is 7.38. The molecule has 1 amide bonds. The minimum atomic E-state index is 0.0700. The number of ether oxygens (including phenoxy) is 1. The van der Waals surface area contributed by atoms with E-state index >= 15 is 0 Å². The molecule has 0 saturated carbocycles. The van der Waals surface area contributed by atoms with Crippen molar-refractivity contribution >= 4 is 5.91 Å². The molecule has 0 unspecified atom stereocenters. The first-order chi connectivity index (χ1) is 13.0. The highest BCUT2D eigenvalue weighted by molar-refractivity contribution is 5.77. The number of hydrogen-bond acceptors (Lipinski definition) is 6. The lowest BCUT2D eigenvalue weighted by atomic mass is 9.99. The van der Waals surface area contributed by atoms with Crippen molar-refractivity contribution in [2.45, 2.75) is 39.8 Å². The number of aryl methyl sites for hydroxylation is 1. The van der Waals surface area contributed by atoms with Gasteiger partial charge in [-0.3, -0.25) is 9.69 Å². The maximum Gasteiger partial charge on any atom is 0.260 e. The fourth-order valence-electron chi connectivity index (χ4n) is 3.19. The molecule has 0 spiro atoms. The zero-order valence-electron chi connectivity index (χ0n) is 16.4. The van der Waals surface area contributed by atoms with Gasteiger partial charge in [-0.1, -0.05) is 19.1 Å². The van der Waals surface area contributed by atoms with Crippen molar-refractivity contribution in [2.75, 3.05) is 26.7 Å². The Kier molecular flexibility index (Phi) is 6.45. The molecule has 1 saturated heterocycles. The van der Waals surface area contributed by atoms with Crippen LogP contribution in [0.3, 0.4) is 0 Å². The fraction of sp³-hybridized carbons (Fsp3) is 0.550. The summed E-state index contributed by atoms with van der Waals surface area (Å²) in [4.78, 5) is 16.2. The van der Waals surface area contributed by atoms with Gasteiger partial charge in [0.05, 0.1) is 6.54 Å². The molecule has 0 bridgehead atoms. The van der Waals surface area contributed by atoms with Crippen LogP contribution in [0, 0.1) is 12.8 Å². The van der Waals surface area contributed by atoms with E-state index in [0.29, 0.717) is 30.0 Å². The summed E-state index contributed by atoms with van der Waals surface area (Å²) in [5.41, 5.74) is 1.15. The van der Waals surface area contributed by atoms with Gasteiger partial charge in [0, 0.05) is 26.6 Å². The number of rotatable bonds is 7. The minimum absolute atomic E-state index is 0.0700. The SMILES string of the molecule is Cc1nnc(CN(C)Cc2ccc(OCC(=O)N3CCC(C)CC3)cc2)o1. The van der Waals surface area contributed by atoms with E-state index in [1.165, 1.54) is 0 Å². The summed E-state index contributed by atoms with van der Waals surface area (Å²) in [7, 11) is 2.00. The second kappa shape index (κ2) is 8.99. The van der Waals surface area contributed by atoms with Gasteiger partial charge in [-0.25, -0.2) is 0 Å². The molecular weight excluding hydrogens is 344 g/mol. The standard InChI is InChI=1S/C20H28N4O3/c1-15-8-10-24(11-9-15)20(25)14-26-18-6-4-17(5-7-18)12-23(3)13-19-22-21-16(2)27-19/h4-7,15H,8-14H2,1-3H3. The first kappa shape index (κ1) is 19.4. The Labute approximate surface area is 160 Å². The summed E-state index contributed by atoms with van der Waals surface area (Å²) in [6.45, 7) is 7.16. The third kappa shape index (κ3) is 5.79. The van der Waals surface area contributed by atoms with Gasteiger partial charge in [0.1, 0.15) is 5.75 Å². The van der Waals surface area contributed by atoms with Gasteiger partial charge < -0.3 is 14.1 Å². The molecule has 2 heterocycles. The van der Waals surface area contributed by atoms with E-state index in [1.807, 2.05) is 36.2 Å². The van der Waals surface area contributed by atoms with Gasteiger partial charge in [-0.15, -0.1) is 10.2 Å². The van der Waals surface area contributed by atoms with Crippen LogP contribution in [0.15, 0.2) is 28.7 Å². The average molecular weight is 372 g/mol. The van der Waals surface area contributed by atoms with E-state index < -0.39 is 0 Å². The maximum absolute atomic E-state index is 12.2. The van der Waals surface area contributed by atoms with E-state index in [4.69, 9.17) is 9.15 Å². The number of likely N-dealkylation sites (tertiary alicyclic amines) is 1. The third-order valence-electron chi connectivity index (χ3n) is 4.85. The number of aromatic nitrogens is 2. The molecule has 7 nitrogen and oxygen atoms in total. The molecule has 1 aromatic carbocycles. The highest BCUT2D eigenvalue weighted by Crippen LogP contribution is 2.17. The van der Waals surface area contributed by atoms with Crippen LogP contribution in [0.25, 0.3) is 0 Å². The summed E-state index contributed by atoms with van der Waals surface area (Å²) in [5.74, 6) is 2.69. The van der Waals surface area contributed by atoms with Crippen molar-refractivity contribution in [1.29, 1.82) is 0 Å². The van der Waals surface area contributed by atoms with Crippen LogP contribution in [0.4, 0.5) is 0 Å². The lowest BCUT2D eigenvalue weighted by Crippen LogP contribution is -2.40. The van der Waals surface area contributed by atoms with Crippen molar-refractivity contribution in [2.24, 2.45) is 5.92 Å². The van der Waals surface area contributed by atoms with Crippen LogP contribution >= 0.6 is 0 Å². The molecule has 1 aromatic heterocycles. The number of carbonyl (C=O) groups is 1. The van der Waals surface area contributed by atoms with Crippen LogP contribution in [-0.4, -0.2) is 52.6 Å². The lowest BCUT2D eigenvalue weighted by molar-refractivity contribution is -0.134. The quantitative estimate of drug-likeness (QED) is 0.744. The monoisotopic (exact) mass is 372 g/mol. The Bertz CT molecular complexity index is 736. The molecular formula is C20H28N4O3. The predicted molar refractivity (Wildman–Crippen MR) is 101 cm³/mol. The molecule has 146 valence electrons. The van der Waals surface area contributed by atoms with Gasteiger partial charge in [-0.05, 0) is 43.5 Å². The molecule has 0 aliphatic carbocycles. The molecule has 2 aromatic rings. The number of nitrogens with zero attached hydrogens (tertiary/aromatic N) is 4. The number of piperidine rings is 1. The van der Waals surface area contributed by atoms with Gasteiger partial charge in [-0.2, -0.15) is 0 Å². The highest BCUT2D eigenvalue weighted by atomic mass is 16.5. The Morgan fingerprint density at radius 2 is 1.93 bits per heavy atom. The molecule has 7 heteroatoms. The van der Waals surface area contributed by atoms with Gasteiger partial charge in [0.25, 0.3) is 5.91 Å². The molecule has 0 radical (unpaired) electrons. The number of amides is 1.